The van der Waals surface area contributed by atoms with Crippen LogP contribution in [-0.4, -0.2) is 43.8 Å². The summed E-state index contributed by atoms with van der Waals surface area (Å²) in [6, 6.07) is 19.0. The number of carbonyl (C=O) groups is 1. The van der Waals surface area contributed by atoms with E-state index in [-0.39, 0.29) is 11.7 Å². The van der Waals surface area contributed by atoms with Gasteiger partial charge in [-0.25, -0.2) is 0 Å². The Morgan fingerprint density at radius 1 is 1.13 bits per heavy atom. The zero-order valence-electron chi connectivity index (χ0n) is 17.0. The van der Waals surface area contributed by atoms with Gasteiger partial charge in [-0.15, -0.1) is 5.10 Å². The number of benzene rings is 2. The molecule has 1 amide bonds. The number of hydrogen-bond donors (Lipinski definition) is 0. The maximum absolute atomic E-state index is 12.6. The van der Waals surface area contributed by atoms with Crippen molar-refractivity contribution in [2.45, 2.75) is 18.6 Å². The average molecular weight is 454 g/mol. The SMILES string of the molecule is Cc1ccccc1-n1nnnc1SCC(=O)N(C)Cc1ccc(-c2ccc(Cl)cc2)o1. The maximum atomic E-state index is 12.6. The first-order valence-corrected chi connectivity index (χ1v) is 10.9. The van der Waals surface area contributed by atoms with E-state index in [0.717, 1.165) is 22.6 Å². The summed E-state index contributed by atoms with van der Waals surface area (Å²) in [7, 11) is 1.75. The maximum Gasteiger partial charge on any atom is 0.233 e. The number of para-hydroxylation sites is 1. The number of thioether (sulfide) groups is 1. The summed E-state index contributed by atoms with van der Waals surface area (Å²) in [5.41, 5.74) is 2.87. The van der Waals surface area contributed by atoms with Crippen molar-refractivity contribution in [2.75, 3.05) is 12.8 Å². The van der Waals surface area contributed by atoms with Gasteiger partial charge in [-0.2, -0.15) is 4.68 Å². The number of nitrogens with zero attached hydrogens (tertiary/aromatic N) is 5. The van der Waals surface area contributed by atoms with Crippen LogP contribution in [0.2, 0.25) is 5.02 Å². The topological polar surface area (TPSA) is 77.1 Å². The molecule has 0 bridgehead atoms. The summed E-state index contributed by atoms with van der Waals surface area (Å²) in [6.45, 7) is 2.36. The van der Waals surface area contributed by atoms with E-state index in [1.54, 1.807) is 16.6 Å². The summed E-state index contributed by atoms with van der Waals surface area (Å²) < 4.78 is 7.54. The smallest absolute Gasteiger partial charge is 0.233 e. The van der Waals surface area contributed by atoms with Gasteiger partial charge in [-0.1, -0.05) is 41.6 Å². The molecule has 7 nitrogen and oxygen atoms in total. The molecule has 2 heterocycles. The van der Waals surface area contributed by atoms with Gasteiger partial charge >= 0.3 is 0 Å². The molecule has 0 atom stereocenters. The van der Waals surface area contributed by atoms with Gasteiger partial charge in [0.15, 0.2) is 0 Å². The summed E-state index contributed by atoms with van der Waals surface area (Å²) >= 11 is 7.24. The Morgan fingerprint density at radius 3 is 2.68 bits per heavy atom. The van der Waals surface area contributed by atoms with Crippen molar-refractivity contribution in [3.63, 3.8) is 0 Å². The van der Waals surface area contributed by atoms with E-state index >= 15 is 0 Å². The van der Waals surface area contributed by atoms with Crippen LogP contribution in [-0.2, 0) is 11.3 Å². The highest BCUT2D eigenvalue weighted by molar-refractivity contribution is 7.99. The third-order valence-corrected chi connectivity index (χ3v) is 5.87. The molecule has 0 aliphatic rings. The second-order valence-corrected chi connectivity index (χ2v) is 8.35. The molecule has 0 saturated heterocycles. The highest BCUT2D eigenvalue weighted by Gasteiger charge is 2.16. The van der Waals surface area contributed by atoms with Gasteiger partial charge in [-0.3, -0.25) is 4.79 Å². The van der Waals surface area contributed by atoms with Crippen molar-refractivity contribution in [1.29, 1.82) is 0 Å². The number of aryl methyl sites for hydroxylation is 1. The first-order valence-electron chi connectivity index (χ1n) is 9.57. The second-order valence-electron chi connectivity index (χ2n) is 6.97. The summed E-state index contributed by atoms with van der Waals surface area (Å²) in [5, 5.41) is 13.1. The van der Waals surface area contributed by atoms with Crippen LogP contribution in [0.1, 0.15) is 11.3 Å². The van der Waals surface area contributed by atoms with Gasteiger partial charge in [-0.05, 0) is 65.4 Å². The average Bonchev–Trinajstić information content (AvgIpc) is 3.42. The van der Waals surface area contributed by atoms with Crippen molar-refractivity contribution in [2.24, 2.45) is 0 Å². The minimum Gasteiger partial charge on any atom is -0.459 e. The first kappa shape index (κ1) is 21.1. The molecule has 158 valence electrons. The number of aromatic nitrogens is 4. The Kier molecular flexibility index (Phi) is 6.39. The zero-order valence-corrected chi connectivity index (χ0v) is 18.6. The second kappa shape index (κ2) is 9.36. The number of furan rings is 1. The van der Waals surface area contributed by atoms with Crippen LogP contribution < -0.4 is 0 Å². The molecule has 0 aliphatic heterocycles. The Morgan fingerprint density at radius 2 is 1.90 bits per heavy atom. The first-order chi connectivity index (χ1) is 15.0. The predicted molar refractivity (Wildman–Crippen MR) is 120 cm³/mol. The van der Waals surface area contributed by atoms with E-state index in [1.807, 2.05) is 67.6 Å². The van der Waals surface area contributed by atoms with Crippen molar-refractivity contribution in [3.05, 3.63) is 77.0 Å². The Bertz CT molecular complexity index is 1190. The molecule has 0 saturated carbocycles. The van der Waals surface area contributed by atoms with Crippen LogP contribution in [0.3, 0.4) is 0 Å². The van der Waals surface area contributed by atoms with Crippen molar-refractivity contribution < 1.29 is 9.21 Å². The number of tetrazole rings is 1. The third kappa shape index (κ3) is 4.98. The van der Waals surface area contributed by atoms with E-state index in [1.165, 1.54) is 11.8 Å². The lowest BCUT2D eigenvalue weighted by molar-refractivity contribution is -0.127. The lowest BCUT2D eigenvalue weighted by atomic mass is 10.2. The molecule has 31 heavy (non-hydrogen) atoms. The number of carbonyl (C=O) groups excluding carboxylic acids is 1. The Balaban J connectivity index is 1.37. The van der Waals surface area contributed by atoms with Gasteiger partial charge in [0.05, 0.1) is 18.0 Å². The van der Waals surface area contributed by atoms with E-state index in [9.17, 15) is 4.79 Å². The third-order valence-electron chi connectivity index (χ3n) is 4.72. The van der Waals surface area contributed by atoms with Crippen LogP contribution >= 0.6 is 23.4 Å². The quantitative estimate of drug-likeness (QED) is 0.379. The summed E-state index contributed by atoms with van der Waals surface area (Å²) in [5.74, 6) is 1.61. The molecular weight excluding hydrogens is 434 g/mol. The molecule has 2 aromatic carbocycles. The standard InChI is InChI=1S/C22H20ClN5O2S/c1-15-5-3-4-6-19(15)28-22(24-25-26-28)31-14-21(29)27(2)13-18-11-12-20(30-18)16-7-9-17(23)10-8-16/h3-12H,13-14H2,1-2H3. The molecule has 0 aliphatic carbocycles. The summed E-state index contributed by atoms with van der Waals surface area (Å²) in [4.78, 5) is 14.3. The minimum absolute atomic E-state index is 0.0474. The van der Waals surface area contributed by atoms with Crippen LogP contribution in [0.5, 0.6) is 0 Å². The largest absolute Gasteiger partial charge is 0.459 e. The Hall–Kier alpha value is -3.10. The predicted octanol–water partition coefficient (Wildman–Crippen LogP) is 4.63. The van der Waals surface area contributed by atoms with E-state index in [0.29, 0.717) is 22.5 Å². The molecule has 4 rings (SSSR count). The van der Waals surface area contributed by atoms with Gasteiger partial charge in [0.25, 0.3) is 0 Å². The number of rotatable bonds is 7. The zero-order chi connectivity index (χ0) is 21.8. The van der Waals surface area contributed by atoms with E-state index < -0.39 is 0 Å². The number of hydrogen-bond acceptors (Lipinski definition) is 6. The fourth-order valence-electron chi connectivity index (χ4n) is 3.01. The molecule has 0 spiro atoms. The van der Waals surface area contributed by atoms with Crippen LogP contribution in [0.25, 0.3) is 17.0 Å². The lowest BCUT2D eigenvalue weighted by Crippen LogP contribution is -2.27. The van der Waals surface area contributed by atoms with Crippen molar-refractivity contribution in [1.82, 2.24) is 25.1 Å². The molecular formula is C22H20ClN5O2S. The van der Waals surface area contributed by atoms with E-state index in [4.69, 9.17) is 16.0 Å². The highest BCUT2D eigenvalue weighted by atomic mass is 35.5. The number of halogens is 1. The van der Waals surface area contributed by atoms with Gasteiger partial charge < -0.3 is 9.32 Å². The molecule has 0 radical (unpaired) electrons. The fraction of sp³-hybridized carbons (Fsp3) is 0.182. The highest BCUT2D eigenvalue weighted by Crippen LogP contribution is 2.25. The number of amides is 1. The Labute approximate surface area is 189 Å². The van der Waals surface area contributed by atoms with Gasteiger partial charge in [0.2, 0.25) is 11.1 Å². The molecule has 0 N–H and O–H groups in total. The van der Waals surface area contributed by atoms with Crippen LogP contribution in [0, 0.1) is 6.92 Å². The normalized spacial score (nSPS) is 10.9. The van der Waals surface area contributed by atoms with Gasteiger partial charge in [0.1, 0.15) is 11.5 Å². The molecule has 4 aromatic rings. The fourth-order valence-corrected chi connectivity index (χ4v) is 3.96. The molecule has 9 heteroatoms. The van der Waals surface area contributed by atoms with Crippen LogP contribution in [0.15, 0.2) is 70.2 Å². The molecule has 2 aromatic heterocycles. The van der Waals surface area contributed by atoms with Gasteiger partial charge in [0, 0.05) is 17.6 Å². The van der Waals surface area contributed by atoms with Crippen LogP contribution in [0.4, 0.5) is 0 Å². The molecule has 0 fully saturated rings. The lowest BCUT2D eigenvalue weighted by Gasteiger charge is -2.15. The van der Waals surface area contributed by atoms with Crippen molar-refractivity contribution in [3.8, 4) is 17.0 Å². The van der Waals surface area contributed by atoms with Crippen molar-refractivity contribution >= 4 is 29.3 Å². The molecule has 0 unspecified atom stereocenters. The summed E-state index contributed by atoms with van der Waals surface area (Å²) in [6.07, 6.45) is 0. The monoisotopic (exact) mass is 453 g/mol. The minimum atomic E-state index is -0.0474. The van der Waals surface area contributed by atoms with E-state index in [2.05, 4.69) is 15.5 Å².